The second kappa shape index (κ2) is 9.03. The molecule has 0 unspecified atom stereocenters. The highest BCUT2D eigenvalue weighted by Crippen LogP contribution is 2.45. The van der Waals surface area contributed by atoms with Gasteiger partial charge in [0.15, 0.2) is 0 Å². The zero-order valence-corrected chi connectivity index (χ0v) is 17.4. The van der Waals surface area contributed by atoms with Gasteiger partial charge in [0.2, 0.25) is 10.0 Å². The third-order valence-electron chi connectivity index (χ3n) is 3.91. The lowest BCUT2D eigenvalue weighted by atomic mass is 10.1. The highest BCUT2D eigenvalue weighted by atomic mass is 32.2. The van der Waals surface area contributed by atoms with E-state index in [1.54, 1.807) is 31.2 Å². The second-order valence-electron chi connectivity index (χ2n) is 6.15. The van der Waals surface area contributed by atoms with Crippen LogP contribution >= 0.6 is 23.5 Å². The number of anilines is 2. The quantitative estimate of drug-likeness (QED) is 0.684. The molecule has 144 valence electrons. The smallest absolute Gasteiger partial charge is 0.255 e. The molecule has 0 atom stereocenters. The van der Waals surface area contributed by atoms with Crippen LogP contribution in [0.15, 0.2) is 48.5 Å². The fourth-order valence-electron chi connectivity index (χ4n) is 2.74. The van der Waals surface area contributed by atoms with Gasteiger partial charge in [0, 0.05) is 28.4 Å². The van der Waals surface area contributed by atoms with Gasteiger partial charge in [0.25, 0.3) is 5.91 Å². The minimum absolute atomic E-state index is 0.0490. The van der Waals surface area contributed by atoms with Crippen molar-refractivity contribution < 1.29 is 13.2 Å². The predicted molar refractivity (Wildman–Crippen MR) is 116 cm³/mol. The molecule has 1 heterocycles. The minimum Gasteiger partial charge on any atom is -0.322 e. The molecule has 3 rings (SSSR count). The van der Waals surface area contributed by atoms with Gasteiger partial charge >= 0.3 is 0 Å². The first-order chi connectivity index (χ1) is 13.0. The molecule has 0 aromatic heterocycles. The molecule has 2 N–H and O–H groups in total. The number of hydrogen-bond acceptors (Lipinski definition) is 5. The van der Waals surface area contributed by atoms with Crippen molar-refractivity contribution in [3.8, 4) is 0 Å². The first kappa shape index (κ1) is 20.1. The van der Waals surface area contributed by atoms with E-state index in [1.165, 1.54) is 5.56 Å². The second-order valence-corrected chi connectivity index (χ2v) is 10.7. The van der Waals surface area contributed by atoms with Gasteiger partial charge in [-0.05, 0) is 42.3 Å². The van der Waals surface area contributed by atoms with Crippen LogP contribution in [0.25, 0.3) is 0 Å². The van der Waals surface area contributed by atoms with Gasteiger partial charge in [-0.2, -0.15) is 0 Å². The molecule has 1 aliphatic heterocycles. The highest BCUT2D eigenvalue weighted by Gasteiger charge is 2.18. The van der Waals surface area contributed by atoms with E-state index < -0.39 is 10.0 Å². The zero-order chi connectivity index (χ0) is 19.3. The maximum absolute atomic E-state index is 12.6. The van der Waals surface area contributed by atoms with Gasteiger partial charge in [0.05, 0.1) is 10.3 Å². The molecule has 27 heavy (non-hydrogen) atoms. The van der Waals surface area contributed by atoms with E-state index in [4.69, 9.17) is 0 Å². The van der Waals surface area contributed by atoms with E-state index in [0.717, 1.165) is 17.2 Å². The molecule has 2 aromatic carbocycles. The fraction of sp³-hybridized carbons (Fsp3) is 0.316. The molecule has 0 aliphatic carbocycles. The molecule has 1 amide bonds. The lowest BCUT2D eigenvalue weighted by Gasteiger charge is -2.12. The third kappa shape index (κ3) is 5.67. The van der Waals surface area contributed by atoms with Crippen molar-refractivity contribution in [2.75, 3.05) is 27.3 Å². The molecule has 8 heteroatoms. The average molecular weight is 423 g/mol. The number of carbonyl (C=O) groups excluding carboxylic acids is 1. The Morgan fingerprint density at radius 2 is 1.78 bits per heavy atom. The van der Waals surface area contributed by atoms with Crippen LogP contribution < -0.4 is 10.0 Å². The van der Waals surface area contributed by atoms with Crippen molar-refractivity contribution in [2.45, 2.75) is 17.9 Å². The minimum atomic E-state index is -3.39. The van der Waals surface area contributed by atoms with Gasteiger partial charge in [-0.15, -0.1) is 23.5 Å². The summed E-state index contributed by atoms with van der Waals surface area (Å²) >= 11 is 3.83. The summed E-state index contributed by atoms with van der Waals surface area (Å²) in [5.74, 6) is 2.07. The van der Waals surface area contributed by atoms with Crippen molar-refractivity contribution >= 4 is 50.8 Å². The highest BCUT2D eigenvalue weighted by molar-refractivity contribution is 8.19. The number of benzene rings is 2. The van der Waals surface area contributed by atoms with E-state index in [9.17, 15) is 13.2 Å². The molecule has 0 spiro atoms. The SMILES string of the molecule is CCCS(=O)(=O)Nc1cccc(C(=O)Nc2cccc(C3SCCS3)c2)c1. The third-order valence-corrected chi connectivity index (χ3v) is 8.51. The Labute approximate surface area is 168 Å². The molecule has 2 aromatic rings. The maximum Gasteiger partial charge on any atom is 0.255 e. The molecule has 0 radical (unpaired) electrons. The summed E-state index contributed by atoms with van der Waals surface area (Å²) in [4.78, 5) is 12.6. The topological polar surface area (TPSA) is 75.3 Å². The molecule has 1 aliphatic rings. The maximum atomic E-state index is 12.6. The van der Waals surface area contributed by atoms with Crippen molar-refractivity contribution in [1.29, 1.82) is 0 Å². The summed E-state index contributed by atoms with van der Waals surface area (Å²) in [6.07, 6.45) is 0.531. The average Bonchev–Trinajstić information content (AvgIpc) is 3.16. The van der Waals surface area contributed by atoms with Gasteiger partial charge in [0.1, 0.15) is 0 Å². The van der Waals surface area contributed by atoms with Crippen LogP contribution in [0, 0.1) is 0 Å². The van der Waals surface area contributed by atoms with Crippen LogP contribution in [0.2, 0.25) is 0 Å². The van der Waals surface area contributed by atoms with Crippen molar-refractivity contribution in [1.82, 2.24) is 0 Å². The number of carbonyl (C=O) groups is 1. The Balaban J connectivity index is 1.71. The van der Waals surface area contributed by atoms with E-state index in [-0.39, 0.29) is 11.7 Å². The summed E-state index contributed by atoms with van der Waals surface area (Å²) in [6.45, 7) is 1.81. The van der Waals surface area contributed by atoms with E-state index in [1.807, 2.05) is 41.7 Å². The van der Waals surface area contributed by atoms with Gasteiger partial charge in [-0.25, -0.2) is 8.42 Å². The summed E-state index contributed by atoms with van der Waals surface area (Å²) in [6, 6.07) is 14.4. The van der Waals surface area contributed by atoms with E-state index >= 15 is 0 Å². The van der Waals surface area contributed by atoms with E-state index in [2.05, 4.69) is 16.1 Å². The van der Waals surface area contributed by atoms with Crippen molar-refractivity contribution in [2.24, 2.45) is 0 Å². The monoisotopic (exact) mass is 422 g/mol. The largest absolute Gasteiger partial charge is 0.322 e. The van der Waals surface area contributed by atoms with Crippen molar-refractivity contribution in [3.05, 3.63) is 59.7 Å². The van der Waals surface area contributed by atoms with Crippen LogP contribution in [-0.4, -0.2) is 31.6 Å². The van der Waals surface area contributed by atoms with Crippen molar-refractivity contribution in [3.63, 3.8) is 0 Å². The summed E-state index contributed by atoms with van der Waals surface area (Å²) < 4.78 is 26.8. The number of rotatable bonds is 7. The van der Waals surface area contributed by atoms with E-state index in [0.29, 0.717) is 22.3 Å². The Morgan fingerprint density at radius 3 is 2.52 bits per heavy atom. The standard InChI is InChI=1S/C19H22N2O3S3/c1-2-11-27(23,24)21-17-8-3-5-14(12-17)18(22)20-16-7-4-6-15(13-16)19-25-9-10-26-19/h3-8,12-13,19,21H,2,9-11H2,1H3,(H,20,22). The normalized spacial score (nSPS) is 14.9. The molecule has 1 fully saturated rings. The summed E-state index contributed by atoms with van der Waals surface area (Å²) in [5, 5.41) is 2.90. The number of sulfonamides is 1. The Hall–Kier alpha value is -1.64. The molecule has 0 saturated carbocycles. The number of nitrogens with one attached hydrogen (secondary N) is 2. The van der Waals surface area contributed by atoms with Crippen LogP contribution in [0.3, 0.4) is 0 Å². The first-order valence-electron chi connectivity index (χ1n) is 8.72. The first-order valence-corrected chi connectivity index (χ1v) is 12.5. The molecular weight excluding hydrogens is 400 g/mol. The molecule has 1 saturated heterocycles. The lowest BCUT2D eigenvalue weighted by molar-refractivity contribution is 0.102. The number of amides is 1. The Morgan fingerprint density at radius 1 is 1.07 bits per heavy atom. The Kier molecular flexibility index (Phi) is 6.73. The number of hydrogen-bond donors (Lipinski definition) is 2. The van der Waals surface area contributed by atoms with Crippen LogP contribution in [0.5, 0.6) is 0 Å². The Bertz CT molecular complexity index is 910. The molecular formula is C19H22N2O3S3. The lowest BCUT2D eigenvalue weighted by Crippen LogP contribution is -2.17. The molecule has 0 bridgehead atoms. The predicted octanol–water partition coefficient (Wildman–Crippen LogP) is 4.57. The van der Waals surface area contributed by atoms with Crippen LogP contribution in [0.4, 0.5) is 11.4 Å². The summed E-state index contributed by atoms with van der Waals surface area (Å²) in [5.41, 5.74) is 2.73. The van der Waals surface area contributed by atoms with Gasteiger partial charge < -0.3 is 5.32 Å². The zero-order valence-electron chi connectivity index (χ0n) is 15.0. The van der Waals surface area contributed by atoms with Gasteiger partial charge in [-0.3, -0.25) is 9.52 Å². The fourth-order valence-corrected chi connectivity index (χ4v) is 6.70. The number of thioether (sulfide) groups is 2. The molecule has 5 nitrogen and oxygen atoms in total. The van der Waals surface area contributed by atoms with Crippen LogP contribution in [-0.2, 0) is 10.0 Å². The van der Waals surface area contributed by atoms with Crippen LogP contribution in [0.1, 0.15) is 33.8 Å². The van der Waals surface area contributed by atoms with Gasteiger partial charge in [-0.1, -0.05) is 25.1 Å². The summed E-state index contributed by atoms with van der Waals surface area (Å²) in [7, 11) is -3.39.